The van der Waals surface area contributed by atoms with E-state index in [1.54, 1.807) is 31.4 Å². The lowest BCUT2D eigenvalue weighted by Gasteiger charge is -2.16. The van der Waals surface area contributed by atoms with Gasteiger partial charge in [0, 0.05) is 28.8 Å². The number of methoxy groups -OCH3 is 1. The molecule has 0 spiro atoms. The standard InChI is InChI=1S/C25H26FN3O3/c1-15-19(4-3-5-22(15)32-2)24(30)27-14-16-6-12-20-21(13-7-16)28-23(29-25(20)31)17-8-10-18(26)11-9-17/h3-5,8-11,16H,6-7,12-14H2,1-2H3,(H,27,30)(H,28,29,31). The quantitative estimate of drug-likeness (QED) is 0.597. The van der Waals surface area contributed by atoms with Gasteiger partial charge in [-0.25, -0.2) is 9.37 Å². The van der Waals surface area contributed by atoms with Crippen molar-refractivity contribution in [2.75, 3.05) is 13.7 Å². The molecular formula is C25H26FN3O3. The molecule has 1 amide bonds. The Hall–Kier alpha value is -3.48. The van der Waals surface area contributed by atoms with Crippen LogP contribution in [0.25, 0.3) is 11.4 Å². The van der Waals surface area contributed by atoms with Gasteiger partial charge < -0.3 is 15.0 Å². The van der Waals surface area contributed by atoms with Crippen LogP contribution in [0.3, 0.4) is 0 Å². The molecule has 1 aliphatic carbocycles. The van der Waals surface area contributed by atoms with Crippen molar-refractivity contribution in [3.05, 3.63) is 81.0 Å². The Kier molecular flexibility index (Phi) is 6.35. The SMILES string of the molecule is COc1cccc(C(=O)NCC2CCc3nc(-c4ccc(F)cc4)[nH]c(=O)c3CC2)c1C. The molecule has 0 saturated heterocycles. The summed E-state index contributed by atoms with van der Waals surface area (Å²) in [6, 6.07) is 11.3. The van der Waals surface area contributed by atoms with Crippen LogP contribution >= 0.6 is 0 Å². The third-order valence-corrected chi connectivity index (χ3v) is 6.11. The van der Waals surface area contributed by atoms with Gasteiger partial charge in [-0.05, 0) is 74.9 Å². The van der Waals surface area contributed by atoms with Crippen molar-refractivity contribution in [2.45, 2.75) is 32.6 Å². The number of H-pyrrole nitrogens is 1. The predicted octanol–water partition coefficient (Wildman–Crippen LogP) is 3.82. The Balaban J connectivity index is 1.44. The number of halogens is 1. The molecule has 0 aliphatic heterocycles. The van der Waals surface area contributed by atoms with Crippen molar-refractivity contribution in [1.82, 2.24) is 15.3 Å². The summed E-state index contributed by atoms with van der Waals surface area (Å²) in [5, 5.41) is 3.04. The maximum absolute atomic E-state index is 13.2. The Bertz CT molecular complexity index is 1190. The first-order valence-electron chi connectivity index (χ1n) is 10.8. The molecule has 0 radical (unpaired) electrons. The van der Waals surface area contributed by atoms with E-state index >= 15 is 0 Å². The summed E-state index contributed by atoms with van der Waals surface area (Å²) in [7, 11) is 1.59. The lowest BCUT2D eigenvalue weighted by Crippen LogP contribution is -2.30. The summed E-state index contributed by atoms with van der Waals surface area (Å²) in [6.45, 7) is 2.40. The molecule has 1 aromatic heterocycles. The van der Waals surface area contributed by atoms with Crippen LogP contribution in [-0.2, 0) is 12.8 Å². The Morgan fingerprint density at radius 2 is 1.94 bits per heavy atom. The van der Waals surface area contributed by atoms with Crippen molar-refractivity contribution in [1.29, 1.82) is 0 Å². The van der Waals surface area contributed by atoms with E-state index in [1.165, 1.54) is 12.1 Å². The average molecular weight is 435 g/mol. The third-order valence-electron chi connectivity index (χ3n) is 6.11. The molecule has 166 valence electrons. The lowest BCUT2D eigenvalue weighted by atomic mass is 9.99. The summed E-state index contributed by atoms with van der Waals surface area (Å²) in [5.41, 5.74) is 3.42. The lowest BCUT2D eigenvalue weighted by molar-refractivity contribution is 0.0945. The van der Waals surface area contributed by atoms with Crippen LogP contribution in [0.15, 0.2) is 47.3 Å². The number of carbonyl (C=O) groups is 1. The number of aromatic nitrogens is 2. The summed E-state index contributed by atoms with van der Waals surface area (Å²) in [5.74, 6) is 0.921. The summed E-state index contributed by atoms with van der Waals surface area (Å²) in [4.78, 5) is 32.9. The molecule has 1 atom stereocenters. The van der Waals surface area contributed by atoms with Gasteiger partial charge in [0.05, 0.1) is 12.8 Å². The number of nitrogens with one attached hydrogen (secondary N) is 2. The topological polar surface area (TPSA) is 84.1 Å². The summed E-state index contributed by atoms with van der Waals surface area (Å²) >= 11 is 0. The third kappa shape index (κ3) is 4.56. The first kappa shape index (κ1) is 21.7. The summed E-state index contributed by atoms with van der Waals surface area (Å²) < 4.78 is 18.5. The summed E-state index contributed by atoms with van der Waals surface area (Å²) in [6.07, 6.45) is 2.89. The average Bonchev–Trinajstić information content (AvgIpc) is 3.01. The van der Waals surface area contributed by atoms with Gasteiger partial charge in [0.2, 0.25) is 0 Å². The van der Waals surface area contributed by atoms with E-state index in [4.69, 9.17) is 4.74 Å². The maximum atomic E-state index is 13.2. The second-order valence-electron chi connectivity index (χ2n) is 8.13. The highest BCUT2D eigenvalue weighted by atomic mass is 19.1. The fourth-order valence-corrected chi connectivity index (χ4v) is 4.21. The normalized spacial score (nSPS) is 15.5. The smallest absolute Gasteiger partial charge is 0.254 e. The number of carbonyl (C=O) groups excluding carboxylic acids is 1. The minimum Gasteiger partial charge on any atom is -0.496 e. The largest absolute Gasteiger partial charge is 0.496 e. The first-order chi connectivity index (χ1) is 15.5. The number of rotatable bonds is 5. The van der Waals surface area contributed by atoms with Crippen molar-refractivity contribution in [3.63, 3.8) is 0 Å². The van der Waals surface area contributed by atoms with Crippen LogP contribution in [0.1, 0.15) is 40.0 Å². The monoisotopic (exact) mass is 435 g/mol. The van der Waals surface area contributed by atoms with E-state index in [0.29, 0.717) is 47.7 Å². The number of aromatic amines is 1. The molecule has 0 fully saturated rings. The fraction of sp³-hybridized carbons (Fsp3) is 0.320. The predicted molar refractivity (Wildman–Crippen MR) is 120 cm³/mol. The van der Waals surface area contributed by atoms with E-state index in [0.717, 1.165) is 24.1 Å². The minimum absolute atomic E-state index is 0.127. The zero-order chi connectivity index (χ0) is 22.7. The molecule has 1 unspecified atom stereocenters. The molecule has 3 aromatic rings. The number of amides is 1. The highest BCUT2D eigenvalue weighted by Crippen LogP contribution is 2.24. The van der Waals surface area contributed by atoms with Crippen LogP contribution in [0.2, 0.25) is 0 Å². The van der Waals surface area contributed by atoms with Crippen molar-refractivity contribution in [3.8, 4) is 17.1 Å². The number of benzene rings is 2. The second kappa shape index (κ2) is 9.34. The van der Waals surface area contributed by atoms with Crippen LogP contribution in [0, 0.1) is 18.7 Å². The molecule has 2 aromatic carbocycles. The number of nitrogens with zero attached hydrogens (tertiary/aromatic N) is 1. The van der Waals surface area contributed by atoms with Crippen LogP contribution in [-0.4, -0.2) is 29.5 Å². The van der Waals surface area contributed by atoms with E-state index < -0.39 is 0 Å². The molecule has 7 heteroatoms. The van der Waals surface area contributed by atoms with Gasteiger partial charge in [-0.15, -0.1) is 0 Å². The highest BCUT2D eigenvalue weighted by Gasteiger charge is 2.22. The first-order valence-corrected chi connectivity index (χ1v) is 10.8. The van der Waals surface area contributed by atoms with E-state index in [-0.39, 0.29) is 23.2 Å². The number of hydrogen-bond donors (Lipinski definition) is 2. The highest BCUT2D eigenvalue weighted by molar-refractivity contribution is 5.96. The molecule has 0 bridgehead atoms. The molecule has 32 heavy (non-hydrogen) atoms. The molecule has 1 heterocycles. The van der Waals surface area contributed by atoms with Gasteiger partial charge in [-0.3, -0.25) is 9.59 Å². The number of fused-ring (bicyclic) bond motifs is 1. The zero-order valence-electron chi connectivity index (χ0n) is 18.2. The van der Waals surface area contributed by atoms with Gasteiger partial charge in [-0.2, -0.15) is 0 Å². The van der Waals surface area contributed by atoms with Crippen LogP contribution in [0.5, 0.6) is 5.75 Å². The molecule has 0 saturated carbocycles. The molecule has 1 aliphatic rings. The van der Waals surface area contributed by atoms with E-state index in [2.05, 4.69) is 15.3 Å². The maximum Gasteiger partial charge on any atom is 0.254 e. The van der Waals surface area contributed by atoms with Crippen molar-refractivity contribution >= 4 is 5.91 Å². The van der Waals surface area contributed by atoms with Gasteiger partial charge >= 0.3 is 0 Å². The van der Waals surface area contributed by atoms with Gasteiger partial charge in [-0.1, -0.05) is 6.07 Å². The van der Waals surface area contributed by atoms with Crippen LogP contribution < -0.4 is 15.6 Å². The van der Waals surface area contributed by atoms with Gasteiger partial charge in [0.25, 0.3) is 11.5 Å². The van der Waals surface area contributed by atoms with Crippen LogP contribution in [0.4, 0.5) is 4.39 Å². The Labute approximate surface area is 185 Å². The number of hydrogen-bond acceptors (Lipinski definition) is 4. The van der Waals surface area contributed by atoms with Gasteiger partial charge in [0.1, 0.15) is 17.4 Å². The molecule has 2 N–H and O–H groups in total. The minimum atomic E-state index is -0.333. The fourth-order valence-electron chi connectivity index (χ4n) is 4.21. The van der Waals surface area contributed by atoms with Crippen molar-refractivity contribution < 1.29 is 13.9 Å². The molecule has 4 rings (SSSR count). The second-order valence-corrected chi connectivity index (χ2v) is 8.13. The Morgan fingerprint density at radius 3 is 2.69 bits per heavy atom. The van der Waals surface area contributed by atoms with Gasteiger partial charge in [0.15, 0.2) is 0 Å². The molecular weight excluding hydrogens is 409 g/mol. The number of ether oxygens (including phenoxy) is 1. The van der Waals surface area contributed by atoms with E-state index in [9.17, 15) is 14.0 Å². The number of aryl methyl sites for hydroxylation is 1. The van der Waals surface area contributed by atoms with E-state index in [1.807, 2.05) is 13.0 Å². The van der Waals surface area contributed by atoms with Crippen molar-refractivity contribution in [2.24, 2.45) is 5.92 Å². The molecule has 6 nitrogen and oxygen atoms in total. The Morgan fingerprint density at radius 1 is 1.19 bits per heavy atom. The zero-order valence-corrected chi connectivity index (χ0v) is 18.2.